The number of nitrogens with one attached hydrogen (secondary N) is 1. The zero-order valence-electron chi connectivity index (χ0n) is 13.0. The minimum Gasteiger partial charge on any atom is -0.478 e. The van der Waals surface area contributed by atoms with E-state index >= 15 is 0 Å². The third-order valence-electron chi connectivity index (χ3n) is 3.45. The molecular formula is C16H23NO3S. The van der Waals surface area contributed by atoms with Crippen LogP contribution in [0.1, 0.15) is 54.9 Å². The van der Waals surface area contributed by atoms with Crippen LogP contribution in [0.5, 0.6) is 0 Å². The fourth-order valence-corrected chi connectivity index (χ4v) is 2.79. The van der Waals surface area contributed by atoms with Crippen LogP contribution in [0.4, 0.5) is 0 Å². The SMILES string of the molecule is CCCC(C)(C)C(=O)NC(SC)c1ccc(C(=O)O)cc1. The second-order valence-electron chi connectivity index (χ2n) is 5.65. The van der Waals surface area contributed by atoms with Gasteiger partial charge in [0, 0.05) is 5.41 Å². The molecule has 1 rings (SSSR count). The third-order valence-corrected chi connectivity index (χ3v) is 4.31. The van der Waals surface area contributed by atoms with Crippen LogP contribution in [0.2, 0.25) is 0 Å². The van der Waals surface area contributed by atoms with Crippen molar-refractivity contribution < 1.29 is 14.7 Å². The van der Waals surface area contributed by atoms with E-state index in [0.717, 1.165) is 18.4 Å². The van der Waals surface area contributed by atoms with E-state index < -0.39 is 11.4 Å². The van der Waals surface area contributed by atoms with E-state index in [1.54, 1.807) is 24.3 Å². The smallest absolute Gasteiger partial charge is 0.335 e. The standard InChI is InChI=1S/C16H23NO3S/c1-5-10-16(2,3)15(20)17-13(21-4)11-6-8-12(9-7-11)14(18)19/h6-9,13H,5,10H2,1-4H3,(H,17,20)(H,18,19). The monoisotopic (exact) mass is 309 g/mol. The van der Waals surface area contributed by atoms with Crippen molar-refractivity contribution in [1.29, 1.82) is 0 Å². The molecule has 0 aliphatic carbocycles. The summed E-state index contributed by atoms with van der Waals surface area (Å²) in [4.78, 5) is 23.2. The summed E-state index contributed by atoms with van der Waals surface area (Å²) in [5.74, 6) is -0.929. The number of benzene rings is 1. The van der Waals surface area contributed by atoms with Crippen LogP contribution in [0, 0.1) is 5.41 Å². The van der Waals surface area contributed by atoms with Crippen LogP contribution in [0.15, 0.2) is 24.3 Å². The first kappa shape index (κ1) is 17.6. The van der Waals surface area contributed by atoms with Gasteiger partial charge in [-0.2, -0.15) is 0 Å². The summed E-state index contributed by atoms with van der Waals surface area (Å²) in [5, 5.41) is 11.8. The average molecular weight is 309 g/mol. The fourth-order valence-electron chi connectivity index (χ4n) is 2.13. The molecule has 1 unspecified atom stereocenters. The van der Waals surface area contributed by atoms with Crippen LogP contribution < -0.4 is 5.32 Å². The lowest BCUT2D eigenvalue weighted by Crippen LogP contribution is -2.38. The van der Waals surface area contributed by atoms with Crippen LogP contribution >= 0.6 is 11.8 Å². The van der Waals surface area contributed by atoms with Gasteiger partial charge in [0.2, 0.25) is 5.91 Å². The Morgan fingerprint density at radius 2 is 1.86 bits per heavy atom. The molecule has 116 valence electrons. The van der Waals surface area contributed by atoms with Crippen molar-refractivity contribution >= 4 is 23.6 Å². The molecule has 0 radical (unpaired) electrons. The summed E-state index contributed by atoms with van der Waals surface area (Å²) in [6.45, 7) is 5.94. The molecule has 0 spiro atoms. The molecule has 1 aromatic rings. The van der Waals surface area contributed by atoms with E-state index in [9.17, 15) is 9.59 Å². The first-order chi connectivity index (χ1) is 9.81. The fraction of sp³-hybridized carbons (Fsp3) is 0.500. The number of thioether (sulfide) groups is 1. The number of carboxylic acid groups (broad SMARTS) is 1. The molecule has 4 nitrogen and oxygen atoms in total. The molecule has 2 N–H and O–H groups in total. The molecular weight excluding hydrogens is 286 g/mol. The number of carbonyl (C=O) groups excluding carboxylic acids is 1. The molecule has 0 fully saturated rings. The van der Waals surface area contributed by atoms with Crippen LogP contribution in [0.25, 0.3) is 0 Å². The number of carboxylic acids is 1. The number of amides is 1. The summed E-state index contributed by atoms with van der Waals surface area (Å²) >= 11 is 1.52. The minimum absolute atomic E-state index is 0.0195. The van der Waals surface area contributed by atoms with Crippen LogP contribution in [-0.2, 0) is 4.79 Å². The predicted molar refractivity (Wildman–Crippen MR) is 86.5 cm³/mol. The Balaban J connectivity index is 2.83. The van der Waals surface area contributed by atoms with E-state index in [-0.39, 0.29) is 16.8 Å². The van der Waals surface area contributed by atoms with Gasteiger partial charge in [-0.1, -0.05) is 39.3 Å². The van der Waals surface area contributed by atoms with Gasteiger partial charge in [-0.15, -0.1) is 11.8 Å². The number of hydrogen-bond donors (Lipinski definition) is 2. The van der Waals surface area contributed by atoms with E-state index in [0.29, 0.717) is 0 Å². The van der Waals surface area contributed by atoms with Crippen molar-refractivity contribution in [2.75, 3.05) is 6.26 Å². The molecule has 0 saturated heterocycles. The molecule has 1 amide bonds. The Labute approximate surface area is 130 Å². The van der Waals surface area contributed by atoms with Crippen molar-refractivity contribution in [2.45, 2.75) is 39.0 Å². The van der Waals surface area contributed by atoms with E-state index in [1.807, 2.05) is 20.1 Å². The van der Waals surface area contributed by atoms with Crippen LogP contribution in [-0.4, -0.2) is 23.2 Å². The van der Waals surface area contributed by atoms with Crippen molar-refractivity contribution in [3.8, 4) is 0 Å². The molecule has 1 atom stereocenters. The summed E-state index contributed by atoms with van der Waals surface area (Å²) in [7, 11) is 0. The Morgan fingerprint density at radius 3 is 2.29 bits per heavy atom. The van der Waals surface area contributed by atoms with Crippen molar-refractivity contribution in [3.05, 3.63) is 35.4 Å². The Morgan fingerprint density at radius 1 is 1.29 bits per heavy atom. The van der Waals surface area contributed by atoms with Crippen molar-refractivity contribution in [1.82, 2.24) is 5.32 Å². The zero-order valence-corrected chi connectivity index (χ0v) is 13.8. The minimum atomic E-state index is -0.949. The molecule has 0 aliphatic rings. The third kappa shape index (κ3) is 4.77. The van der Waals surface area contributed by atoms with E-state index in [4.69, 9.17) is 5.11 Å². The highest BCUT2D eigenvalue weighted by atomic mass is 32.2. The van der Waals surface area contributed by atoms with Crippen molar-refractivity contribution in [2.24, 2.45) is 5.41 Å². The molecule has 0 saturated carbocycles. The molecule has 0 heterocycles. The maximum absolute atomic E-state index is 12.4. The maximum atomic E-state index is 12.4. The van der Waals surface area contributed by atoms with Gasteiger partial charge < -0.3 is 10.4 Å². The highest BCUT2D eigenvalue weighted by Crippen LogP contribution is 2.28. The molecule has 0 aromatic heterocycles. The first-order valence-electron chi connectivity index (χ1n) is 6.99. The second kappa shape index (κ2) is 7.50. The number of rotatable bonds is 7. The largest absolute Gasteiger partial charge is 0.478 e. The number of hydrogen-bond acceptors (Lipinski definition) is 3. The van der Waals surface area contributed by atoms with Gasteiger partial charge in [0.15, 0.2) is 0 Å². The topological polar surface area (TPSA) is 66.4 Å². The van der Waals surface area contributed by atoms with Crippen LogP contribution in [0.3, 0.4) is 0 Å². The summed E-state index contributed by atoms with van der Waals surface area (Å²) < 4.78 is 0. The molecule has 0 bridgehead atoms. The summed E-state index contributed by atoms with van der Waals surface area (Å²) in [5.41, 5.74) is 0.744. The maximum Gasteiger partial charge on any atom is 0.335 e. The summed E-state index contributed by atoms with van der Waals surface area (Å²) in [6.07, 6.45) is 3.71. The van der Waals surface area contributed by atoms with Gasteiger partial charge >= 0.3 is 5.97 Å². The first-order valence-corrected chi connectivity index (χ1v) is 8.27. The average Bonchev–Trinajstić information content (AvgIpc) is 2.44. The van der Waals surface area contributed by atoms with Gasteiger partial charge in [0.25, 0.3) is 0 Å². The Kier molecular flexibility index (Phi) is 6.27. The normalized spacial score (nSPS) is 12.8. The van der Waals surface area contributed by atoms with E-state index in [1.165, 1.54) is 11.8 Å². The Bertz CT molecular complexity index is 497. The lowest BCUT2D eigenvalue weighted by Gasteiger charge is -2.26. The Hall–Kier alpha value is -1.49. The highest BCUT2D eigenvalue weighted by Gasteiger charge is 2.28. The number of aromatic carboxylic acids is 1. The lowest BCUT2D eigenvalue weighted by molar-refractivity contribution is -0.129. The van der Waals surface area contributed by atoms with Gasteiger partial charge in [0.05, 0.1) is 5.56 Å². The van der Waals surface area contributed by atoms with Gasteiger partial charge in [0.1, 0.15) is 5.37 Å². The lowest BCUT2D eigenvalue weighted by atomic mass is 9.87. The quantitative estimate of drug-likeness (QED) is 0.754. The highest BCUT2D eigenvalue weighted by molar-refractivity contribution is 7.98. The summed E-state index contributed by atoms with van der Waals surface area (Å²) in [6, 6.07) is 6.61. The zero-order chi connectivity index (χ0) is 16.0. The van der Waals surface area contributed by atoms with Gasteiger partial charge in [-0.25, -0.2) is 4.79 Å². The van der Waals surface area contributed by atoms with Gasteiger partial charge in [-0.05, 0) is 30.4 Å². The van der Waals surface area contributed by atoms with E-state index in [2.05, 4.69) is 12.2 Å². The molecule has 21 heavy (non-hydrogen) atoms. The predicted octanol–water partition coefficient (Wildman–Crippen LogP) is 3.69. The van der Waals surface area contributed by atoms with Gasteiger partial charge in [-0.3, -0.25) is 4.79 Å². The molecule has 1 aromatic carbocycles. The molecule has 0 aliphatic heterocycles. The van der Waals surface area contributed by atoms with Crippen molar-refractivity contribution in [3.63, 3.8) is 0 Å². The second-order valence-corrected chi connectivity index (χ2v) is 6.59. The molecule has 5 heteroatoms. The number of carbonyl (C=O) groups is 2.